The lowest BCUT2D eigenvalue weighted by Crippen LogP contribution is -2.29. The standard InChI is InChI=1S/C23H24N4O4/c1-2-15-30-19-10-8-17(9-11-19)22-25-23(29)20(26-27-22)12-13-21(28)24-14-16-31-18-6-4-3-5-7-18/h2-11H,1,12-16H2,(H,24,28)(H,25,27,29). The summed E-state index contributed by atoms with van der Waals surface area (Å²) in [6, 6.07) is 16.5. The Morgan fingerprint density at radius 1 is 1.03 bits per heavy atom. The number of rotatable bonds is 11. The number of hydrogen-bond acceptors (Lipinski definition) is 6. The summed E-state index contributed by atoms with van der Waals surface area (Å²) in [5, 5.41) is 10.8. The summed E-state index contributed by atoms with van der Waals surface area (Å²) >= 11 is 0. The van der Waals surface area contributed by atoms with Crippen molar-refractivity contribution in [1.29, 1.82) is 0 Å². The van der Waals surface area contributed by atoms with Gasteiger partial charge in [-0.1, -0.05) is 30.9 Å². The average Bonchev–Trinajstić information content (AvgIpc) is 2.80. The summed E-state index contributed by atoms with van der Waals surface area (Å²) in [5.74, 6) is 1.61. The largest absolute Gasteiger partial charge is 0.492 e. The number of carbonyl (C=O) groups excluding carboxylic acids is 1. The predicted molar refractivity (Wildman–Crippen MR) is 117 cm³/mol. The molecule has 0 aliphatic carbocycles. The Bertz CT molecular complexity index is 1050. The van der Waals surface area contributed by atoms with Gasteiger partial charge in [0.25, 0.3) is 5.56 Å². The first-order valence-electron chi connectivity index (χ1n) is 9.90. The fourth-order valence-electron chi connectivity index (χ4n) is 2.71. The van der Waals surface area contributed by atoms with Crippen LogP contribution in [0.15, 0.2) is 72.0 Å². The summed E-state index contributed by atoms with van der Waals surface area (Å²) in [6.45, 7) is 4.76. The fraction of sp³-hybridized carbons (Fsp3) is 0.217. The third-order valence-electron chi connectivity index (χ3n) is 4.29. The number of ether oxygens (including phenoxy) is 2. The van der Waals surface area contributed by atoms with E-state index in [0.717, 1.165) is 5.75 Å². The van der Waals surface area contributed by atoms with Gasteiger partial charge in [-0.2, -0.15) is 0 Å². The van der Waals surface area contributed by atoms with Gasteiger partial charge in [0.1, 0.15) is 30.4 Å². The van der Waals surface area contributed by atoms with Crippen molar-refractivity contribution in [3.63, 3.8) is 0 Å². The Morgan fingerprint density at radius 3 is 2.48 bits per heavy atom. The topological polar surface area (TPSA) is 106 Å². The van der Waals surface area contributed by atoms with Crippen molar-refractivity contribution in [3.8, 4) is 22.9 Å². The number of benzene rings is 2. The Labute approximate surface area is 180 Å². The summed E-state index contributed by atoms with van der Waals surface area (Å²) in [5.41, 5.74) is 0.556. The van der Waals surface area contributed by atoms with E-state index in [9.17, 15) is 9.59 Å². The summed E-state index contributed by atoms with van der Waals surface area (Å²) in [6.07, 6.45) is 1.99. The highest BCUT2D eigenvalue weighted by Gasteiger charge is 2.09. The molecule has 0 saturated carbocycles. The maximum Gasteiger partial charge on any atom is 0.273 e. The van der Waals surface area contributed by atoms with E-state index >= 15 is 0 Å². The Hall–Kier alpha value is -3.94. The number of para-hydroxylation sites is 1. The molecule has 0 fully saturated rings. The molecule has 0 bridgehead atoms. The lowest BCUT2D eigenvalue weighted by atomic mass is 10.2. The number of nitrogens with zero attached hydrogens (tertiary/aromatic N) is 2. The molecular formula is C23H24N4O4. The van der Waals surface area contributed by atoms with E-state index in [0.29, 0.717) is 36.9 Å². The quantitative estimate of drug-likeness (QED) is 0.365. The van der Waals surface area contributed by atoms with E-state index in [2.05, 4.69) is 27.1 Å². The molecule has 1 aromatic heterocycles. The molecule has 31 heavy (non-hydrogen) atoms. The number of aromatic amines is 1. The van der Waals surface area contributed by atoms with E-state index in [4.69, 9.17) is 9.47 Å². The minimum Gasteiger partial charge on any atom is -0.492 e. The highest BCUT2D eigenvalue weighted by Crippen LogP contribution is 2.18. The van der Waals surface area contributed by atoms with Crippen LogP contribution in [0.25, 0.3) is 11.4 Å². The molecule has 2 N–H and O–H groups in total. The van der Waals surface area contributed by atoms with Crippen LogP contribution >= 0.6 is 0 Å². The van der Waals surface area contributed by atoms with E-state index in [-0.39, 0.29) is 30.0 Å². The van der Waals surface area contributed by atoms with Gasteiger partial charge in [-0.25, -0.2) is 0 Å². The zero-order valence-corrected chi connectivity index (χ0v) is 17.0. The van der Waals surface area contributed by atoms with Crippen LogP contribution in [0.2, 0.25) is 0 Å². The number of hydrogen-bond donors (Lipinski definition) is 2. The first-order valence-corrected chi connectivity index (χ1v) is 9.90. The molecule has 0 saturated heterocycles. The monoisotopic (exact) mass is 420 g/mol. The van der Waals surface area contributed by atoms with E-state index in [1.165, 1.54) is 0 Å². The smallest absolute Gasteiger partial charge is 0.273 e. The van der Waals surface area contributed by atoms with Crippen LogP contribution in [0, 0.1) is 0 Å². The number of amides is 1. The van der Waals surface area contributed by atoms with Crippen molar-refractivity contribution in [2.75, 3.05) is 19.8 Å². The molecule has 160 valence electrons. The number of aryl methyl sites for hydroxylation is 1. The summed E-state index contributed by atoms with van der Waals surface area (Å²) in [7, 11) is 0. The normalized spacial score (nSPS) is 10.3. The second-order valence-electron chi connectivity index (χ2n) is 6.58. The van der Waals surface area contributed by atoms with Gasteiger partial charge in [-0.15, -0.1) is 10.2 Å². The van der Waals surface area contributed by atoms with Crippen LogP contribution < -0.4 is 20.3 Å². The SMILES string of the molecule is C=CCOc1ccc(-c2nnc(CCC(=O)NCCOc3ccccc3)c(=O)[nH]2)cc1. The Kier molecular flexibility index (Phi) is 7.93. The van der Waals surface area contributed by atoms with Crippen LogP contribution in [0.4, 0.5) is 0 Å². The maximum absolute atomic E-state index is 12.3. The Morgan fingerprint density at radius 2 is 1.77 bits per heavy atom. The first kappa shape index (κ1) is 21.8. The number of aromatic nitrogens is 3. The van der Waals surface area contributed by atoms with E-state index < -0.39 is 0 Å². The number of H-pyrrole nitrogens is 1. The van der Waals surface area contributed by atoms with Gasteiger partial charge in [0.15, 0.2) is 5.82 Å². The molecule has 8 nitrogen and oxygen atoms in total. The second-order valence-corrected chi connectivity index (χ2v) is 6.58. The molecule has 0 unspecified atom stereocenters. The Balaban J connectivity index is 1.46. The molecule has 0 atom stereocenters. The van der Waals surface area contributed by atoms with E-state index in [1.807, 2.05) is 30.3 Å². The molecule has 1 heterocycles. The van der Waals surface area contributed by atoms with Crippen molar-refractivity contribution in [2.24, 2.45) is 0 Å². The minimum atomic E-state index is -0.364. The molecule has 3 rings (SSSR count). The molecule has 0 aliphatic rings. The molecule has 0 radical (unpaired) electrons. The summed E-state index contributed by atoms with van der Waals surface area (Å²) < 4.78 is 10.9. The van der Waals surface area contributed by atoms with Gasteiger partial charge in [0.2, 0.25) is 5.91 Å². The number of nitrogens with one attached hydrogen (secondary N) is 2. The lowest BCUT2D eigenvalue weighted by molar-refractivity contribution is -0.121. The van der Waals surface area contributed by atoms with Crippen molar-refractivity contribution < 1.29 is 14.3 Å². The van der Waals surface area contributed by atoms with Crippen molar-refractivity contribution in [2.45, 2.75) is 12.8 Å². The first-order chi connectivity index (χ1) is 15.2. The van der Waals surface area contributed by atoms with Gasteiger partial charge in [-0.05, 0) is 36.4 Å². The third-order valence-corrected chi connectivity index (χ3v) is 4.29. The average molecular weight is 420 g/mol. The van der Waals surface area contributed by atoms with Crippen molar-refractivity contribution in [3.05, 3.63) is 83.3 Å². The van der Waals surface area contributed by atoms with Gasteiger partial charge < -0.3 is 19.8 Å². The zero-order valence-electron chi connectivity index (χ0n) is 17.0. The van der Waals surface area contributed by atoms with Crippen LogP contribution in [0.5, 0.6) is 11.5 Å². The molecule has 1 amide bonds. The molecule has 0 aliphatic heterocycles. The maximum atomic E-state index is 12.3. The summed E-state index contributed by atoms with van der Waals surface area (Å²) in [4.78, 5) is 27.0. The molecule has 0 spiro atoms. The number of carbonyl (C=O) groups is 1. The van der Waals surface area contributed by atoms with Crippen LogP contribution in [0.3, 0.4) is 0 Å². The van der Waals surface area contributed by atoms with Gasteiger partial charge >= 0.3 is 0 Å². The predicted octanol–water partition coefficient (Wildman–Crippen LogP) is 2.52. The zero-order chi connectivity index (χ0) is 21.9. The minimum absolute atomic E-state index is 0.137. The van der Waals surface area contributed by atoms with Crippen LogP contribution in [-0.4, -0.2) is 40.8 Å². The van der Waals surface area contributed by atoms with Crippen molar-refractivity contribution >= 4 is 5.91 Å². The van der Waals surface area contributed by atoms with Gasteiger partial charge in [0, 0.05) is 18.4 Å². The molecule has 3 aromatic rings. The fourth-order valence-corrected chi connectivity index (χ4v) is 2.71. The van der Waals surface area contributed by atoms with Gasteiger partial charge in [-0.3, -0.25) is 9.59 Å². The molecular weight excluding hydrogens is 396 g/mol. The van der Waals surface area contributed by atoms with E-state index in [1.54, 1.807) is 30.3 Å². The highest BCUT2D eigenvalue weighted by molar-refractivity contribution is 5.76. The van der Waals surface area contributed by atoms with Crippen LogP contribution in [0.1, 0.15) is 12.1 Å². The van der Waals surface area contributed by atoms with Gasteiger partial charge in [0.05, 0.1) is 6.54 Å². The highest BCUT2D eigenvalue weighted by atomic mass is 16.5. The second kappa shape index (κ2) is 11.3. The van der Waals surface area contributed by atoms with Crippen LogP contribution in [-0.2, 0) is 11.2 Å². The lowest BCUT2D eigenvalue weighted by Gasteiger charge is -2.07. The third kappa shape index (κ3) is 6.81. The molecule has 8 heteroatoms. The molecule has 2 aromatic carbocycles. The van der Waals surface area contributed by atoms with Crippen molar-refractivity contribution in [1.82, 2.24) is 20.5 Å².